The van der Waals surface area contributed by atoms with Gasteiger partial charge in [0.15, 0.2) is 0 Å². The Kier molecular flexibility index (Phi) is 5.63. The van der Waals surface area contributed by atoms with E-state index in [4.69, 9.17) is 9.72 Å². The zero-order valence-corrected chi connectivity index (χ0v) is 22.5. The van der Waals surface area contributed by atoms with Gasteiger partial charge in [-0.25, -0.2) is 4.98 Å². The third-order valence-electron chi connectivity index (χ3n) is 8.09. The van der Waals surface area contributed by atoms with Gasteiger partial charge < -0.3 is 4.74 Å². The van der Waals surface area contributed by atoms with E-state index in [0.717, 1.165) is 57.8 Å². The third-order valence-corrected chi connectivity index (χ3v) is 8.09. The molecule has 5 aromatic carbocycles. The minimum absolute atomic E-state index is 0.904. The summed E-state index contributed by atoms with van der Waals surface area (Å²) in [5, 5.41) is 2.34. The average Bonchev–Trinajstić information content (AvgIpc) is 3.06. The molecule has 2 nitrogen and oxygen atoms in total. The largest absolute Gasteiger partial charge is 0.456 e. The van der Waals surface area contributed by atoms with E-state index in [1.807, 2.05) is 12.1 Å². The first-order valence-electron chi connectivity index (χ1n) is 14.2. The summed E-state index contributed by atoms with van der Waals surface area (Å²) in [5.41, 5.74) is 11.3. The molecule has 0 saturated carbocycles. The lowest BCUT2D eigenvalue weighted by Gasteiger charge is -2.22. The number of hydrogen-bond acceptors (Lipinski definition) is 2. The van der Waals surface area contributed by atoms with Crippen LogP contribution in [0.15, 0.2) is 140 Å². The highest BCUT2D eigenvalue weighted by Gasteiger charge is 2.22. The minimum atomic E-state index is 0.904. The number of pyridine rings is 1. The van der Waals surface area contributed by atoms with Crippen molar-refractivity contribution >= 4 is 16.3 Å². The molecule has 1 aliphatic heterocycles. The second-order valence-corrected chi connectivity index (χ2v) is 10.6. The van der Waals surface area contributed by atoms with Gasteiger partial charge in [-0.3, -0.25) is 0 Å². The van der Waals surface area contributed by atoms with E-state index in [1.165, 1.54) is 33.2 Å². The molecule has 2 aliphatic rings. The van der Waals surface area contributed by atoms with Gasteiger partial charge >= 0.3 is 0 Å². The number of para-hydroxylation sites is 1. The molecule has 0 fully saturated rings. The van der Waals surface area contributed by atoms with Crippen LogP contribution >= 0.6 is 0 Å². The van der Waals surface area contributed by atoms with Gasteiger partial charge in [-0.1, -0.05) is 109 Å². The van der Waals surface area contributed by atoms with E-state index in [2.05, 4.69) is 127 Å². The number of hydrogen-bond donors (Lipinski definition) is 0. The second-order valence-electron chi connectivity index (χ2n) is 10.6. The Balaban J connectivity index is 1.34. The summed E-state index contributed by atoms with van der Waals surface area (Å²) in [5.74, 6) is 1.81. The van der Waals surface area contributed by atoms with Crippen molar-refractivity contribution in [1.82, 2.24) is 4.98 Å². The number of benzene rings is 5. The molecule has 1 aromatic heterocycles. The smallest absolute Gasteiger partial charge is 0.135 e. The monoisotopic (exact) mass is 525 g/mol. The minimum Gasteiger partial charge on any atom is -0.456 e. The molecule has 41 heavy (non-hydrogen) atoms. The number of allylic oxidation sites excluding steroid dienone is 4. The van der Waals surface area contributed by atoms with E-state index < -0.39 is 0 Å². The summed E-state index contributed by atoms with van der Waals surface area (Å²) in [4.78, 5) is 5.22. The van der Waals surface area contributed by atoms with E-state index in [9.17, 15) is 0 Å². The van der Waals surface area contributed by atoms with Gasteiger partial charge in [0.25, 0.3) is 0 Å². The van der Waals surface area contributed by atoms with Crippen molar-refractivity contribution in [1.29, 1.82) is 0 Å². The first kappa shape index (κ1) is 23.7. The zero-order chi connectivity index (χ0) is 27.2. The standard InChI is InChI=1S/C39H27NO/c1-3-11-26(12-4-1)28-15-9-16-29(23-28)36-25-30(24-35(40-36)27-13-5-2-6-14-27)31-21-22-38-39-33(31)18-10-19-34(39)32-17-7-8-20-37(32)41-38/h1,3-5,7-25H,2,6H2. The summed E-state index contributed by atoms with van der Waals surface area (Å²) >= 11 is 0. The van der Waals surface area contributed by atoms with Crippen molar-refractivity contribution in [2.24, 2.45) is 0 Å². The molecule has 6 aromatic rings. The molecule has 0 N–H and O–H groups in total. The molecule has 0 spiro atoms. The highest BCUT2D eigenvalue weighted by atomic mass is 16.5. The van der Waals surface area contributed by atoms with Crippen LogP contribution in [-0.4, -0.2) is 4.98 Å². The number of nitrogens with zero attached hydrogens (tertiary/aromatic N) is 1. The number of ether oxygens (including phenoxy) is 1. The number of fused-ring (bicyclic) bond motifs is 2. The van der Waals surface area contributed by atoms with Crippen molar-refractivity contribution in [3.8, 4) is 56.1 Å². The van der Waals surface area contributed by atoms with Crippen LogP contribution in [0, 0.1) is 0 Å². The fourth-order valence-corrected chi connectivity index (χ4v) is 6.11. The molecule has 1 aliphatic carbocycles. The molecule has 2 heteroatoms. The van der Waals surface area contributed by atoms with E-state index >= 15 is 0 Å². The van der Waals surface area contributed by atoms with Gasteiger partial charge in [0.05, 0.1) is 11.4 Å². The molecule has 0 bridgehead atoms. The predicted molar refractivity (Wildman–Crippen MR) is 170 cm³/mol. The first-order valence-corrected chi connectivity index (χ1v) is 14.2. The summed E-state index contributed by atoms with van der Waals surface area (Å²) < 4.78 is 6.38. The lowest BCUT2D eigenvalue weighted by atomic mass is 9.89. The van der Waals surface area contributed by atoms with Crippen molar-refractivity contribution in [3.63, 3.8) is 0 Å². The zero-order valence-electron chi connectivity index (χ0n) is 22.5. The Hall–Kier alpha value is -5.21. The SMILES string of the molecule is C1=CC(c2cc(-c3ccc4c5c(cccc35)-c3ccccc3O4)cc(-c3cccc(-c4ccccc4)c3)n2)=CCC1. The topological polar surface area (TPSA) is 22.1 Å². The molecule has 194 valence electrons. The van der Waals surface area contributed by atoms with Gasteiger partial charge in [-0.05, 0) is 82.0 Å². The molecule has 0 saturated heterocycles. The molecule has 0 atom stereocenters. The number of aromatic nitrogens is 1. The van der Waals surface area contributed by atoms with Crippen LogP contribution in [0.25, 0.3) is 61.0 Å². The van der Waals surface area contributed by atoms with Crippen molar-refractivity contribution in [2.75, 3.05) is 0 Å². The molecular formula is C39H27NO. The van der Waals surface area contributed by atoms with Crippen LogP contribution in [-0.2, 0) is 0 Å². The Bertz CT molecular complexity index is 2020. The quantitative estimate of drug-likeness (QED) is 0.228. The summed E-state index contributed by atoms with van der Waals surface area (Å²) in [7, 11) is 0. The number of rotatable bonds is 4. The maximum absolute atomic E-state index is 6.38. The van der Waals surface area contributed by atoms with E-state index in [1.54, 1.807) is 0 Å². The van der Waals surface area contributed by atoms with Crippen LogP contribution in [0.2, 0.25) is 0 Å². The lowest BCUT2D eigenvalue weighted by Crippen LogP contribution is -1.99. The van der Waals surface area contributed by atoms with Crippen molar-refractivity contribution in [3.05, 3.63) is 145 Å². The molecular weight excluding hydrogens is 498 g/mol. The fourth-order valence-electron chi connectivity index (χ4n) is 6.11. The molecule has 0 amide bonds. The Morgan fingerprint density at radius 1 is 0.512 bits per heavy atom. The molecule has 0 radical (unpaired) electrons. The molecule has 8 rings (SSSR count). The summed E-state index contributed by atoms with van der Waals surface area (Å²) in [6.07, 6.45) is 8.87. The summed E-state index contributed by atoms with van der Waals surface area (Å²) in [6, 6.07) is 42.9. The summed E-state index contributed by atoms with van der Waals surface area (Å²) in [6.45, 7) is 0. The van der Waals surface area contributed by atoms with Gasteiger partial charge in [-0.2, -0.15) is 0 Å². The molecule has 0 unspecified atom stereocenters. The normalized spacial score (nSPS) is 13.4. The van der Waals surface area contributed by atoms with Crippen LogP contribution in [0.3, 0.4) is 0 Å². The van der Waals surface area contributed by atoms with Crippen LogP contribution in [0.5, 0.6) is 11.5 Å². The third kappa shape index (κ3) is 4.16. The van der Waals surface area contributed by atoms with E-state index in [-0.39, 0.29) is 0 Å². The Morgan fingerprint density at radius 2 is 1.29 bits per heavy atom. The maximum atomic E-state index is 6.38. The maximum Gasteiger partial charge on any atom is 0.135 e. The Labute approximate surface area is 239 Å². The van der Waals surface area contributed by atoms with Gasteiger partial charge in [-0.15, -0.1) is 0 Å². The van der Waals surface area contributed by atoms with Crippen LogP contribution in [0.4, 0.5) is 0 Å². The van der Waals surface area contributed by atoms with Gasteiger partial charge in [0.1, 0.15) is 11.5 Å². The second kappa shape index (κ2) is 9.76. The van der Waals surface area contributed by atoms with Crippen molar-refractivity contribution < 1.29 is 4.74 Å². The first-order chi connectivity index (χ1) is 20.3. The van der Waals surface area contributed by atoms with Gasteiger partial charge in [0.2, 0.25) is 0 Å². The molecule has 2 heterocycles. The predicted octanol–water partition coefficient (Wildman–Crippen LogP) is 10.7. The van der Waals surface area contributed by atoms with Crippen LogP contribution in [0.1, 0.15) is 18.5 Å². The Morgan fingerprint density at radius 3 is 2.20 bits per heavy atom. The highest BCUT2D eigenvalue weighted by molar-refractivity contribution is 6.10. The van der Waals surface area contributed by atoms with Crippen molar-refractivity contribution in [2.45, 2.75) is 12.8 Å². The average molecular weight is 526 g/mol. The van der Waals surface area contributed by atoms with Gasteiger partial charge in [0, 0.05) is 16.5 Å². The fraction of sp³-hybridized carbons (Fsp3) is 0.0513. The van der Waals surface area contributed by atoms with Crippen LogP contribution < -0.4 is 4.74 Å². The van der Waals surface area contributed by atoms with E-state index in [0.29, 0.717) is 0 Å². The lowest BCUT2D eigenvalue weighted by molar-refractivity contribution is 0.487. The highest BCUT2D eigenvalue weighted by Crippen LogP contribution is 2.48.